The molecule has 0 amide bonds. The van der Waals surface area contributed by atoms with Crippen LogP contribution in [0.15, 0.2) is 29.4 Å². The van der Waals surface area contributed by atoms with Crippen LogP contribution in [0.5, 0.6) is 0 Å². The second-order valence-electron chi connectivity index (χ2n) is 2.80. The summed E-state index contributed by atoms with van der Waals surface area (Å²) < 4.78 is 0. The molecule has 0 radical (unpaired) electrons. The Morgan fingerprint density at radius 3 is 2.67 bits per heavy atom. The minimum Gasteiger partial charge on any atom is -0.243 e. The predicted octanol–water partition coefficient (Wildman–Crippen LogP) is 1.61. The molecule has 3 heteroatoms. The highest BCUT2D eigenvalue weighted by atomic mass is 15.6. The lowest BCUT2D eigenvalue weighted by Gasteiger charge is -2.04. The van der Waals surface area contributed by atoms with Crippen LogP contribution in [0.25, 0.3) is 0 Å². The summed E-state index contributed by atoms with van der Waals surface area (Å²) in [6.07, 6.45) is 5.34. The summed E-state index contributed by atoms with van der Waals surface area (Å²) >= 11 is 0. The molecule has 0 spiro atoms. The van der Waals surface area contributed by atoms with Gasteiger partial charge in [0, 0.05) is 12.3 Å². The number of hydrogen-bond donors (Lipinski definition) is 2. The van der Waals surface area contributed by atoms with Gasteiger partial charge in [-0.25, -0.2) is 11.0 Å². The molecule has 68 valence electrons. The Morgan fingerprint density at radius 1 is 1.50 bits per heavy atom. The SMILES string of the molecule is C=C/C(C)=C\C=N/NNC(C)C. The van der Waals surface area contributed by atoms with E-state index < -0.39 is 0 Å². The molecule has 0 rings (SSSR count). The first-order chi connectivity index (χ1) is 5.66. The first-order valence-corrected chi connectivity index (χ1v) is 3.99. The molecule has 12 heavy (non-hydrogen) atoms. The highest BCUT2D eigenvalue weighted by Crippen LogP contribution is 1.88. The fourth-order valence-electron chi connectivity index (χ4n) is 0.427. The molecule has 0 aliphatic heterocycles. The molecule has 0 aromatic rings. The lowest BCUT2D eigenvalue weighted by atomic mass is 10.3. The third kappa shape index (κ3) is 7.02. The maximum absolute atomic E-state index is 3.89. The van der Waals surface area contributed by atoms with Gasteiger partial charge in [-0.2, -0.15) is 5.10 Å². The van der Waals surface area contributed by atoms with Gasteiger partial charge in [-0.15, -0.1) is 0 Å². The van der Waals surface area contributed by atoms with Crippen LogP contribution in [-0.4, -0.2) is 12.3 Å². The molecule has 2 N–H and O–H groups in total. The standard InChI is InChI=1S/C9H17N3/c1-5-9(4)6-7-10-12-11-8(2)3/h5-8,11-12H,1H2,2-4H3/b9-6-,10-7-. The van der Waals surface area contributed by atoms with E-state index >= 15 is 0 Å². The highest BCUT2D eigenvalue weighted by molar-refractivity contribution is 5.72. The maximum atomic E-state index is 3.89. The third-order valence-corrected chi connectivity index (χ3v) is 1.15. The molecule has 0 atom stereocenters. The van der Waals surface area contributed by atoms with Crippen molar-refractivity contribution in [1.82, 2.24) is 11.0 Å². The topological polar surface area (TPSA) is 36.4 Å². The number of hydrazine groups is 1. The molecule has 0 saturated heterocycles. The van der Waals surface area contributed by atoms with Gasteiger partial charge in [-0.05, 0) is 26.8 Å². The number of rotatable bonds is 5. The Balaban J connectivity index is 3.56. The largest absolute Gasteiger partial charge is 0.243 e. The summed E-state index contributed by atoms with van der Waals surface area (Å²) in [5.74, 6) is 0. The quantitative estimate of drug-likeness (QED) is 0.371. The molecule has 0 unspecified atom stereocenters. The van der Waals surface area contributed by atoms with Crippen LogP contribution in [0.1, 0.15) is 20.8 Å². The second kappa shape index (κ2) is 6.61. The Bertz CT molecular complexity index is 180. The summed E-state index contributed by atoms with van der Waals surface area (Å²) in [4.78, 5) is 0. The number of hydrazone groups is 1. The smallest absolute Gasteiger partial charge is 0.0486 e. The molecule has 0 saturated carbocycles. The minimum absolute atomic E-state index is 0.381. The van der Waals surface area contributed by atoms with E-state index in [0.717, 1.165) is 5.57 Å². The van der Waals surface area contributed by atoms with E-state index in [1.165, 1.54) is 0 Å². The zero-order chi connectivity index (χ0) is 9.40. The van der Waals surface area contributed by atoms with Gasteiger partial charge in [0.2, 0.25) is 0 Å². The minimum atomic E-state index is 0.381. The number of allylic oxidation sites excluding steroid dienone is 3. The van der Waals surface area contributed by atoms with E-state index in [1.54, 1.807) is 12.3 Å². The molecule has 0 bridgehead atoms. The Labute approximate surface area is 74.2 Å². The van der Waals surface area contributed by atoms with Gasteiger partial charge >= 0.3 is 0 Å². The summed E-state index contributed by atoms with van der Waals surface area (Å²) in [7, 11) is 0. The van der Waals surface area contributed by atoms with Crippen molar-refractivity contribution in [2.24, 2.45) is 5.10 Å². The van der Waals surface area contributed by atoms with Crippen molar-refractivity contribution in [2.75, 3.05) is 0 Å². The second-order valence-corrected chi connectivity index (χ2v) is 2.80. The summed E-state index contributed by atoms with van der Waals surface area (Å²) in [5.41, 5.74) is 6.73. The van der Waals surface area contributed by atoms with Crippen LogP contribution in [0, 0.1) is 0 Å². The lowest BCUT2D eigenvalue weighted by Crippen LogP contribution is -2.33. The Kier molecular flexibility index (Phi) is 6.01. The molecular formula is C9H17N3. The van der Waals surface area contributed by atoms with Crippen LogP contribution in [0.3, 0.4) is 0 Å². The fraction of sp³-hybridized carbons (Fsp3) is 0.444. The van der Waals surface area contributed by atoms with Crippen molar-refractivity contribution in [1.29, 1.82) is 0 Å². The Morgan fingerprint density at radius 2 is 2.17 bits per heavy atom. The average molecular weight is 167 g/mol. The molecule has 0 aromatic carbocycles. The molecule has 0 fully saturated rings. The van der Waals surface area contributed by atoms with Crippen LogP contribution >= 0.6 is 0 Å². The zero-order valence-corrected chi connectivity index (χ0v) is 7.96. The van der Waals surface area contributed by atoms with Crippen LogP contribution in [0.4, 0.5) is 0 Å². The summed E-state index contributed by atoms with van der Waals surface area (Å²) in [5, 5.41) is 3.89. The first-order valence-electron chi connectivity index (χ1n) is 3.99. The van der Waals surface area contributed by atoms with Gasteiger partial charge < -0.3 is 0 Å². The monoisotopic (exact) mass is 167 g/mol. The Hall–Kier alpha value is -1.09. The predicted molar refractivity (Wildman–Crippen MR) is 53.9 cm³/mol. The summed E-state index contributed by atoms with van der Waals surface area (Å²) in [6.45, 7) is 9.66. The zero-order valence-electron chi connectivity index (χ0n) is 7.96. The third-order valence-electron chi connectivity index (χ3n) is 1.15. The van der Waals surface area contributed by atoms with Crippen molar-refractivity contribution in [3.05, 3.63) is 24.3 Å². The van der Waals surface area contributed by atoms with Crippen LogP contribution in [-0.2, 0) is 0 Å². The van der Waals surface area contributed by atoms with Crippen molar-refractivity contribution < 1.29 is 0 Å². The summed E-state index contributed by atoms with van der Waals surface area (Å²) in [6, 6.07) is 0.381. The van der Waals surface area contributed by atoms with Crippen molar-refractivity contribution >= 4 is 6.21 Å². The van der Waals surface area contributed by atoms with Crippen molar-refractivity contribution in [3.8, 4) is 0 Å². The van der Waals surface area contributed by atoms with Gasteiger partial charge in [0.25, 0.3) is 0 Å². The van der Waals surface area contributed by atoms with Gasteiger partial charge in [-0.3, -0.25) is 0 Å². The first kappa shape index (κ1) is 10.9. The van der Waals surface area contributed by atoms with Crippen molar-refractivity contribution in [3.63, 3.8) is 0 Å². The number of hydrogen-bond acceptors (Lipinski definition) is 3. The molecule has 3 nitrogen and oxygen atoms in total. The maximum Gasteiger partial charge on any atom is 0.0486 e. The fourth-order valence-corrected chi connectivity index (χ4v) is 0.427. The molecular weight excluding hydrogens is 150 g/mol. The van der Waals surface area contributed by atoms with Gasteiger partial charge in [0.05, 0.1) is 0 Å². The number of nitrogens with zero attached hydrogens (tertiary/aromatic N) is 1. The van der Waals surface area contributed by atoms with E-state index in [-0.39, 0.29) is 0 Å². The van der Waals surface area contributed by atoms with Crippen LogP contribution < -0.4 is 11.0 Å². The van der Waals surface area contributed by atoms with Gasteiger partial charge in [0.1, 0.15) is 0 Å². The van der Waals surface area contributed by atoms with E-state index in [2.05, 4.69) is 22.6 Å². The normalized spacial score (nSPS) is 12.5. The van der Waals surface area contributed by atoms with E-state index in [9.17, 15) is 0 Å². The lowest BCUT2D eigenvalue weighted by molar-refractivity contribution is 0.491. The molecule has 0 aromatic heterocycles. The van der Waals surface area contributed by atoms with Crippen molar-refractivity contribution in [2.45, 2.75) is 26.8 Å². The van der Waals surface area contributed by atoms with E-state index in [4.69, 9.17) is 0 Å². The van der Waals surface area contributed by atoms with Gasteiger partial charge in [-0.1, -0.05) is 18.2 Å². The molecule has 0 aliphatic rings. The number of nitrogens with one attached hydrogen (secondary N) is 2. The molecule has 0 heterocycles. The highest BCUT2D eigenvalue weighted by Gasteiger charge is 1.84. The van der Waals surface area contributed by atoms with E-state index in [0.29, 0.717) is 6.04 Å². The van der Waals surface area contributed by atoms with Crippen LogP contribution in [0.2, 0.25) is 0 Å². The average Bonchev–Trinajstić information content (AvgIpc) is 2.03. The van der Waals surface area contributed by atoms with E-state index in [1.807, 2.05) is 26.8 Å². The molecule has 0 aliphatic carbocycles. The van der Waals surface area contributed by atoms with Gasteiger partial charge in [0.15, 0.2) is 0 Å².